The van der Waals surface area contributed by atoms with E-state index in [1.165, 1.54) is 63.0 Å². The summed E-state index contributed by atoms with van der Waals surface area (Å²) in [7, 11) is 0. The zero-order valence-electron chi connectivity index (χ0n) is 13.4. The Kier molecular flexibility index (Phi) is 5.41. The van der Waals surface area contributed by atoms with Crippen LogP contribution in [0.15, 0.2) is 0 Å². The van der Waals surface area contributed by atoms with Gasteiger partial charge in [0, 0.05) is 18.6 Å². The lowest BCUT2D eigenvalue weighted by Gasteiger charge is -2.38. The van der Waals surface area contributed by atoms with E-state index >= 15 is 0 Å². The van der Waals surface area contributed by atoms with Crippen molar-refractivity contribution in [3.05, 3.63) is 10.6 Å². The number of nitrogens with one attached hydrogen (secondary N) is 1. The third-order valence-corrected chi connectivity index (χ3v) is 5.81. The van der Waals surface area contributed by atoms with Crippen molar-refractivity contribution in [3.8, 4) is 0 Å². The molecular formula is C16H26N4OS. The number of likely N-dealkylation sites (tertiary alicyclic amines) is 1. The first-order valence-electron chi connectivity index (χ1n) is 8.58. The van der Waals surface area contributed by atoms with Crippen LogP contribution in [-0.4, -0.2) is 45.6 Å². The third kappa shape index (κ3) is 3.84. The summed E-state index contributed by atoms with van der Waals surface area (Å²) < 4.78 is 3.86. The maximum atomic E-state index is 12.3. The summed E-state index contributed by atoms with van der Waals surface area (Å²) in [4.78, 5) is 15.6. The lowest BCUT2D eigenvalue weighted by Crippen LogP contribution is -2.50. The molecule has 0 radical (unpaired) electrons. The molecule has 1 saturated heterocycles. The average molecular weight is 322 g/mol. The molecule has 1 atom stereocenters. The van der Waals surface area contributed by atoms with Crippen LogP contribution in [0, 0.1) is 6.92 Å². The molecule has 1 aromatic rings. The molecule has 0 aromatic carbocycles. The van der Waals surface area contributed by atoms with Crippen LogP contribution in [0.3, 0.4) is 0 Å². The highest BCUT2D eigenvalue weighted by atomic mass is 32.1. The molecule has 1 amide bonds. The standard InChI is InChI=1S/C16H26N4OS/c1-12-15(22-19-18-12)16(21)17-13-7-6-10-20(11-13)14-8-4-2-3-5-9-14/h13-14H,2-11H2,1H3,(H,17,21)/t13-/m1/s1. The number of amides is 1. The second kappa shape index (κ2) is 7.51. The van der Waals surface area contributed by atoms with Crippen LogP contribution in [0.25, 0.3) is 0 Å². The second-order valence-electron chi connectivity index (χ2n) is 6.64. The van der Waals surface area contributed by atoms with Crippen LogP contribution in [-0.2, 0) is 0 Å². The van der Waals surface area contributed by atoms with Crippen molar-refractivity contribution in [3.63, 3.8) is 0 Å². The normalized spacial score (nSPS) is 24.9. The minimum atomic E-state index is 0.000200. The molecule has 0 spiro atoms. The number of aryl methyl sites for hydroxylation is 1. The van der Waals surface area contributed by atoms with Gasteiger partial charge in [0.1, 0.15) is 4.88 Å². The summed E-state index contributed by atoms with van der Waals surface area (Å²) in [5.74, 6) is 0.000200. The molecule has 5 nitrogen and oxygen atoms in total. The topological polar surface area (TPSA) is 58.1 Å². The van der Waals surface area contributed by atoms with Gasteiger partial charge in [-0.2, -0.15) is 0 Å². The van der Waals surface area contributed by atoms with Crippen molar-refractivity contribution >= 4 is 17.4 Å². The van der Waals surface area contributed by atoms with Crippen LogP contribution < -0.4 is 5.32 Å². The van der Waals surface area contributed by atoms with E-state index in [4.69, 9.17) is 0 Å². The second-order valence-corrected chi connectivity index (χ2v) is 7.39. The lowest BCUT2D eigenvalue weighted by molar-refractivity contribution is 0.0863. The molecule has 2 fully saturated rings. The van der Waals surface area contributed by atoms with Crippen LogP contribution in [0.1, 0.15) is 66.7 Å². The Morgan fingerprint density at radius 2 is 1.95 bits per heavy atom. The van der Waals surface area contributed by atoms with E-state index in [0.29, 0.717) is 4.88 Å². The van der Waals surface area contributed by atoms with Crippen molar-refractivity contribution in [1.82, 2.24) is 19.8 Å². The number of hydrogen-bond acceptors (Lipinski definition) is 5. The predicted octanol–water partition coefficient (Wildman–Crippen LogP) is 2.76. The van der Waals surface area contributed by atoms with Gasteiger partial charge in [0.25, 0.3) is 5.91 Å². The molecule has 2 heterocycles. The van der Waals surface area contributed by atoms with E-state index in [1.807, 2.05) is 6.92 Å². The first-order valence-corrected chi connectivity index (χ1v) is 9.35. The summed E-state index contributed by atoms with van der Waals surface area (Å²) in [6.07, 6.45) is 10.4. The van der Waals surface area contributed by atoms with Crippen molar-refractivity contribution in [1.29, 1.82) is 0 Å². The molecule has 1 saturated carbocycles. The molecule has 22 heavy (non-hydrogen) atoms. The number of carbonyl (C=O) groups excluding carboxylic acids is 1. The van der Waals surface area contributed by atoms with Gasteiger partial charge in [-0.05, 0) is 50.7 Å². The highest BCUT2D eigenvalue weighted by Gasteiger charge is 2.28. The molecule has 1 N–H and O–H groups in total. The Hall–Kier alpha value is -1.01. The molecule has 3 rings (SSSR count). The molecule has 1 aromatic heterocycles. The monoisotopic (exact) mass is 322 g/mol. The van der Waals surface area contributed by atoms with Gasteiger partial charge >= 0.3 is 0 Å². The minimum Gasteiger partial charge on any atom is -0.347 e. The first kappa shape index (κ1) is 15.9. The summed E-state index contributed by atoms with van der Waals surface area (Å²) in [6.45, 7) is 4.04. The summed E-state index contributed by atoms with van der Waals surface area (Å²) in [5, 5.41) is 7.12. The Morgan fingerprint density at radius 3 is 2.64 bits per heavy atom. The molecule has 2 aliphatic rings. The van der Waals surface area contributed by atoms with Gasteiger partial charge in [-0.3, -0.25) is 9.69 Å². The van der Waals surface area contributed by atoms with E-state index in [9.17, 15) is 4.79 Å². The Labute approximate surface area is 136 Å². The molecule has 1 aliphatic carbocycles. The fourth-order valence-electron chi connectivity index (χ4n) is 3.77. The fourth-order valence-corrected chi connectivity index (χ4v) is 4.33. The van der Waals surface area contributed by atoms with Gasteiger partial charge in [-0.25, -0.2) is 0 Å². The molecule has 0 unspecified atom stereocenters. The van der Waals surface area contributed by atoms with Gasteiger partial charge in [0.15, 0.2) is 0 Å². The number of aromatic nitrogens is 2. The SMILES string of the molecule is Cc1nnsc1C(=O)N[C@@H]1CCCN(C2CCCCCC2)C1. The van der Waals surface area contributed by atoms with E-state index in [1.54, 1.807) is 0 Å². The van der Waals surface area contributed by atoms with Crippen LogP contribution in [0.2, 0.25) is 0 Å². The quantitative estimate of drug-likeness (QED) is 0.869. The lowest BCUT2D eigenvalue weighted by atomic mass is 10.00. The van der Waals surface area contributed by atoms with E-state index in [0.717, 1.165) is 24.7 Å². The predicted molar refractivity (Wildman–Crippen MR) is 88.2 cm³/mol. The Balaban J connectivity index is 1.56. The van der Waals surface area contributed by atoms with Crippen molar-refractivity contribution in [2.45, 2.75) is 70.4 Å². The van der Waals surface area contributed by atoms with E-state index < -0.39 is 0 Å². The van der Waals surface area contributed by atoms with Gasteiger partial charge in [-0.15, -0.1) is 5.10 Å². The number of piperidine rings is 1. The summed E-state index contributed by atoms with van der Waals surface area (Å²) in [5.41, 5.74) is 0.735. The number of rotatable bonds is 3. The van der Waals surface area contributed by atoms with Gasteiger partial charge in [-0.1, -0.05) is 30.2 Å². The third-order valence-electron chi connectivity index (χ3n) is 4.99. The molecule has 0 bridgehead atoms. The maximum Gasteiger partial charge on any atom is 0.265 e. The number of carbonyl (C=O) groups is 1. The largest absolute Gasteiger partial charge is 0.347 e. The Bertz CT molecular complexity index is 496. The van der Waals surface area contributed by atoms with Gasteiger partial charge in [0.05, 0.1) is 5.69 Å². The fraction of sp³-hybridized carbons (Fsp3) is 0.812. The van der Waals surface area contributed by atoms with Crippen LogP contribution >= 0.6 is 11.5 Å². The summed E-state index contributed by atoms with van der Waals surface area (Å²) >= 11 is 1.19. The Morgan fingerprint density at radius 1 is 1.18 bits per heavy atom. The van der Waals surface area contributed by atoms with Crippen LogP contribution in [0.5, 0.6) is 0 Å². The number of nitrogens with zero attached hydrogens (tertiary/aromatic N) is 3. The summed E-state index contributed by atoms with van der Waals surface area (Å²) in [6, 6.07) is 1.00. The van der Waals surface area contributed by atoms with E-state index in [2.05, 4.69) is 19.8 Å². The first-order chi connectivity index (χ1) is 10.7. The highest BCUT2D eigenvalue weighted by molar-refractivity contribution is 7.08. The van der Waals surface area contributed by atoms with E-state index in [-0.39, 0.29) is 11.9 Å². The maximum absolute atomic E-state index is 12.3. The highest BCUT2D eigenvalue weighted by Crippen LogP contribution is 2.25. The van der Waals surface area contributed by atoms with Gasteiger partial charge < -0.3 is 5.32 Å². The smallest absolute Gasteiger partial charge is 0.265 e. The molecular weight excluding hydrogens is 296 g/mol. The molecule has 122 valence electrons. The minimum absolute atomic E-state index is 0.000200. The van der Waals surface area contributed by atoms with Crippen molar-refractivity contribution in [2.24, 2.45) is 0 Å². The zero-order chi connectivity index (χ0) is 15.4. The number of hydrogen-bond donors (Lipinski definition) is 1. The van der Waals surface area contributed by atoms with Gasteiger partial charge in [0.2, 0.25) is 0 Å². The molecule has 1 aliphatic heterocycles. The van der Waals surface area contributed by atoms with Crippen molar-refractivity contribution in [2.75, 3.05) is 13.1 Å². The van der Waals surface area contributed by atoms with Crippen LogP contribution in [0.4, 0.5) is 0 Å². The average Bonchev–Trinajstić information content (AvgIpc) is 2.78. The van der Waals surface area contributed by atoms with Crippen molar-refractivity contribution < 1.29 is 4.79 Å². The molecule has 6 heteroatoms. The zero-order valence-corrected chi connectivity index (χ0v) is 14.2.